The van der Waals surface area contributed by atoms with E-state index in [1.165, 1.54) is 5.56 Å². The summed E-state index contributed by atoms with van der Waals surface area (Å²) in [4.78, 5) is 9.15. The number of nitrogens with zero attached hydrogens (tertiary/aromatic N) is 3. The van der Waals surface area contributed by atoms with Crippen molar-refractivity contribution in [3.8, 4) is 11.5 Å². The highest BCUT2D eigenvalue weighted by Crippen LogP contribution is 2.31. The molecule has 2 aliphatic rings. The summed E-state index contributed by atoms with van der Waals surface area (Å²) in [6.07, 6.45) is 0.000797. The zero-order chi connectivity index (χ0) is 17.9. The summed E-state index contributed by atoms with van der Waals surface area (Å²) in [6.45, 7) is 4.56. The number of rotatable bonds is 4. The number of fused-ring (bicyclic) bond motifs is 1. The van der Waals surface area contributed by atoms with Crippen molar-refractivity contribution in [1.82, 2.24) is 9.88 Å². The molecule has 6 nitrogen and oxygen atoms in total. The van der Waals surface area contributed by atoms with Crippen LogP contribution < -0.4 is 14.4 Å². The molecule has 4 rings (SSSR count). The highest BCUT2D eigenvalue weighted by atomic mass is 16.6. The minimum absolute atomic E-state index is 0.000797. The summed E-state index contributed by atoms with van der Waals surface area (Å²) in [6, 6.07) is 12.3. The molecule has 0 saturated carbocycles. The molecule has 0 aliphatic carbocycles. The Morgan fingerprint density at radius 2 is 1.92 bits per heavy atom. The molecule has 1 aromatic heterocycles. The van der Waals surface area contributed by atoms with Gasteiger partial charge in [0.15, 0.2) is 11.5 Å². The Bertz CT molecular complexity index is 766. The first-order valence-corrected chi connectivity index (χ1v) is 9.06. The van der Waals surface area contributed by atoms with Crippen LogP contribution in [0.25, 0.3) is 0 Å². The molecule has 1 saturated heterocycles. The number of hydrogen-bond donors (Lipinski definition) is 0. The second-order valence-electron chi connectivity index (χ2n) is 6.89. The van der Waals surface area contributed by atoms with Gasteiger partial charge in [0.25, 0.3) is 0 Å². The second-order valence-corrected chi connectivity index (χ2v) is 6.89. The summed E-state index contributed by atoms with van der Waals surface area (Å²) in [5.74, 6) is 2.64. The molecular weight excluding hydrogens is 330 g/mol. The van der Waals surface area contributed by atoms with Gasteiger partial charge in [-0.25, -0.2) is 4.98 Å². The molecule has 0 amide bonds. The summed E-state index contributed by atoms with van der Waals surface area (Å²) in [7, 11) is 4.00. The molecule has 2 aliphatic heterocycles. The average molecular weight is 355 g/mol. The van der Waals surface area contributed by atoms with Crippen molar-refractivity contribution in [2.45, 2.75) is 12.6 Å². The number of anilines is 1. The van der Waals surface area contributed by atoms with E-state index in [4.69, 9.17) is 19.2 Å². The SMILES string of the molecule is CN(C)c1cccc([C@@H]2CN(Cc3ccc4c(c3)OCCO4)CCO2)n1. The Balaban J connectivity index is 1.44. The van der Waals surface area contributed by atoms with Crippen LogP contribution >= 0.6 is 0 Å². The van der Waals surface area contributed by atoms with Crippen LogP contribution in [-0.2, 0) is 11.3 Å². The number of hydrogen-bond acceptors (Lipinski definition) is 6. The van der Waals surface area contributed by atoms with Crippen molar-refractivity contribution in [1.29, 1.82) is 0 Å². The van der Waals surface area contributed by atoms with E-state index in [0.717, 1.165) is 42.6 Å². The molecular formula is C20H25N3O3. The number of ether oxygens (including phenoxy) is 3. The van der Waals surface area contributed by atoms with Gasteiger partial charge in [0.05, 0.1) is 12.3 Å². The minimum atomic E-state index is 0.000797. The molecule has 2 aromatic rings. The third-order valence-electron chi connectivity index (χ3n) is 4.71. The van der Waals surface area contributed by atoms with Gasteiger partial charge in [-0.2, -0.15) is 0 Å². The number of morpholine rings is 1. The van der Waals surface area contributed by atoms with E-state index >= 15 is 0 Å². The van der Waals surface area contributed by atoms with E-state index in [0.29, 0.717) is 19.8 Å². The van der Waals surface area contributed by atoms with Crippen LogP contribution in [0.1, 0.15) is 17.4 Å². The van der Waals surface area contributed by atoms with Gasteiger partial charge >= 0.3 is 0 Å². The van der Waals surface area contributed by atoms with Crippen LogP contribution in [0.3, 0.4) is 0 Å². The Labute approximate surface area is 154 Å². The maximum absolute atomic E-state index is 5.99. The van der Waals surface area contributed by atoms with Gasteiger partial charge in [0.1, 0.15) is 25.1 Å². The molecule has 26 heavy (non-hydrogen) atoms. The molecule has 138 valence electrons. The molecule has 1 aromatic carbocycles. The molecule has 0 N–H and O–H groups in total. The Kier molecular flexibility index (Phi) is 4.95. The Hall–Kier alpha value is -2.31. The number of aromatic nitrogens is 1. The average Bonchev–Trinajstić information content (AvgIpc) is 2.68. The van der Waals surface area contributed by atoms with Gasteiger partial charge in [0.2, 0.25) is 0 Å². The molecule has 0 unspecified atom stereocenters. The molecule has 1 atom stereocenters. The minimum Gasteiger partial charge on any atom is -0.486 e. The van der Waals surface area contributed by atoms with Crippen LogP contribution in [0, 0.1) is 0 Å². The summed E-state index contributed by atoms with van der Waals surface area (Å²) in [5, 5.41) is 0. The van der Waals surface area contributed by atoms with Crippen molar-refractivity contribution >= 4 is 5.82 Å². The quantitative estimate of drug-likeness (QED) is 0.840. The maximum Gasteiger partial charge on any atom is 0.161 e. The lowest BCUT2D eigenvalue weighted by atomic mass is 10.1. The van der Waals surface area contributed by atoms with Crippen molar-refractivity contribution < 1.29 is 14.2 Å². The van der Waals surface area contributed by atoms with Crippen LogP contribution in [-0.4, -0.2) is 56.9 Å². The van der Waals surface area contributed by atoms with Gasteiger partial charge in [-0.15, -0.1) is 0 Å². The summed E-state index contributed by atoms with van der Waals surface area (Å²) in [5.41, 5.74) is 2.22. The van der Waals surface area contributed by atoms with E-state index < -0.39 is 0 Å². The van der Waals surface area contributed by atoms with E-state index in [1.807, 2.05) is 43.3 Å². The van der Waals surface area contributed by atoms with Crippen LogP contribution in [0.5, 0.6) is 11.5 Å². The van der Waals surface area contributed by atoms with Gasteiger partial charge < -0.3 is 19.1 Å². The van der Waals surface area contributed by atoms with Crippen molar-refractivity contribution in [2.75, 3.05) is 51.9 Å². The van der Waals surface area contributed by atoms with Crippen molar-refractivity contribution in [3.05, 3.63) is 47.7 Å². The summed E-state index contributed by atoms with van der Waals surface area (Å²) >= 11 is 0. The van der Waals surface area contributed by atoms with Crippen LogP contribution in [0.4, 0.5) is 5.82 Å². The third-order valence-corrected chi connectivity index (χ3v) is 4.71. The number of pyridine rings is 1. The molecule has 0 radical (unpaired) electrons. The molecule has 3 heterocycles. The zero-order valence-electron chi connectivity index (χ0n) is 15.4. The van der Waals surface area contributed by atoms with Gasteiger partial charge in [-0.3, -0.25) is 4.90 Å². The predicted molar refractivity (Wildman–Crippen MR) is 100.0 cm³/mol. The first-order valence-electron chi connectivity index (χ1n) is 9.06. The number of benzene rings is 1. The first kappa shape index (κ1) is 17.1. The lowest BCUT2D eigenvalue weighted by Crippen LogP contribution is -2.38. The summed E-state index contributed by atoms with van der Waals surface area (Å²) < 4.78 is 17.3. The lowest BCUT2D eigenvalue weighted by molar-refractivity contribution is -0.0349. The fourth-order valence-corrected chi connectivity index (χ4v) is 3.34. The highest BCUT2D eigenvalue weighted by Gasteiger charge is 2.24. The zero-order valence-corrected chi connectivity index (χ0v) is 15.4. The van der Waals surface area contributed by atoms with E-state index in [9.17, 15) is 0 Å². The molecule has 1 fully saturated rings. The van der Waals surface area contributed by atoms with Gasteiger partial charge in [-0.05, 0) is 29.8 Å². The Morgan fingerprint density at radius 1 is 1.08 bits per heavy atom. The van der Waals surface area contributed by atoms with E-state index in [1.54, 1.807) is 0 Å². The highest BCUT2D eigenvalue weighted by molar-refractivity contribution is 5.43. The van der Waals surface area contributed by atoms with E-state index in [-0.39, 0.29) is 6.10 Å². The van der Waals surface area contributed by atoms with Gasteiger partial charge in [0, 0.05) is 33.7 Å². The smallest absolute Gasteiger partial charge is 0.161 e. The third kappa shape index (κ3) is 3.76. The molecule has 0 spiro atoms. The first-order chi connectivity index (χ1) is 12.7. The largest absolute Gasteiger partial charge is 0.486 e. The van der Waals surface area contributed by atoms with Crippen molar-refractivity contribution in [2.24, 2.45) is 0 Å². The molecule has 6 heteroatoms. The topological polar surface area (TPSA) is 47.1 Å². The second kappa shape index (κ2) is 7.51. The van der Waals surface area contributed by atoms with Crippen LogP contribution in [0.2, 0.25) is 0 Å². The fourth-order valence-electron chi connectivity index (χ4n) is 3.34. The standard InChI is InChI=1S/C20H25N3O3/c1-22(2)20-5-3-4-16(21-20)19-14-23(8-9-24-19)13-15-6-7-17-18(12-15)26-11-10-25-17/h3-7,12,19H,8-11,13-14H2,1-2H3/t19-/m0/s1. The van der Waals surface area contributed by atoms with Crippen LogP contribution in [0.15, 0.2) is 36.4 Å². The van der Waals surface area contributed by atoms with Gasteiger partial charge in [-0.1, -0.05) is 12.1 Å². The molecule has 0 bridgehead atoms. The monoisotopic (exact) mass is 355 g/mol. The normalized spacial score (nSPS) is 20.0. The fraction of sp³-hybridized carbons (Fsp3) is 0.450. The predicted octanol–water partition coefficient (Wildman–Crippen LogP) is 2.49. The Morgan fingerprint density at radius 3 is 2.77 bits per heavy atom. The lowest BCUT2D eigenvalue weighted by Gasteiger charge is -2.33. The maximum atomic E-state index is 5.99. The van der Waals surface area contributed by atoms with E-state index in [2.05, 4.69) is 17.0 Å². The van der Waals surface area contributed by atoms with Crippen molar-refractivity contribution in [3.63, 3.8) is 0 Å².